The highest BCUT2D eigenvalue weighted by atomic mass is 35.5. The van der Waals surface area contributed by atoms with Gasteiger partial charge in [-0.3, -0.25) is 4.79 Å². The zero-order valence-electron chi connectivity index (χ0n) is 15.9. The zero-order valence-corrected chi connectivity index (χ0v) is 17.4. The van der Waals surface area contributed by atoms with E-state index in [1.54, 1.807) is 24.3 Å². The Morgan fingerprint density at radius 2 is 1.89 bits per heavy atom. The van der Waals surface area contributed by atoms with Crippen molar-refractivity contribution in [3.63, 3.8) is 0 Å². The van der Waals surface area contributed by atoms with E-state index in [-0.39, 0.29) is 5.91 Å². The lowest BCUT2D eigenvalue weighted by Crippen LogP contribution is -2.23. The number of hydrogen-bond acceptors (Lipinski definition) is 3. The van der Waals surface area contributed by atoms with Crippen LogP contribution in [-0.2, 0) is 17.9 Å². The van der Waals surface area contributed by atoms with E-state index >= 15 is 0 Å². The second-order valence-electron chi connectivity index (χ2n) is 6.58. The fourth-order valence-corrected chi connectivity index (χ4v) is 2.95. The molecule has 1 N–H and O–H groups in total. The van der Waals surface area contributed by atoms with Crippen molar-refractivity contribution in [1.82, 2.24) is 5.32 Å². The zero-order chi connectivity index (χ0) is 19.8. The highest BCUT2D eigenvalue weighted by Crippen LogP contribution is 2.23. The minimum atomic E-state index is -0.186. The summed E-state index contributed by atoms with van der Waals surface area (Å²) in [5.41, 5.74) is 2.21. The number of carbonyl (C=O) groups excluding carboxylic acids is 1. The lowest BCUT2D eigenvalue weighted by molar-refractivity contribution is 0.0935. The molecule has 0 aliphatic rings. The van der Waals surface area contributed by atoms with Gasteiger partial charge in [-0.1, -0.05) is 43.1 Å². The van der Waals surface area contributed by atoms with E-state index in [4.69, 9.17) is 32.7 Å². The van der Waals surface area contributed by atoms with Gasteiger partial charge in [-0.15, -0.1) is 0 Å². The van der Waals surface area contributed by atoms with Crippen LogP contribution >= 0.6 is 23.2 Å². The van der Waals surface area contributed by atoms with Gasteiger partial charge in [-0.05, 0) is 48.7 Å². The van der Waals surface area contributed by atoms with Crippen molar-refractivity contribution in [2.24, 2.45) is 5.92 Å². The molecule has 2 aromatic rings. The van der Waals surface area contributed by atoms with E-state index in [0.29, 0.717) is 47.9 Å². The Bertz CT molecular complexity index is 778. The van der Waals surface area contributed by atoms with Gasteiger partial charge in [0.15, 0.2) is 0 Å². The first-order valence-corrected chi connectivity index (χ1v) is 9.71. The summed E-state index contributed by atoms with van der Waals surface area (Å²) in [7, 11) is 0. The number of hydrogen-bond donors (Lipinski definition) is 1. The van der Waals surface area contributed by atoms with Crippen LogP contribution in [0.1, 0.15) is 42.3 Å². The molecule has 0 radical (unpaired) electrons. The maximum absolute atomic E-state index is 12.5. The van der Waals surface area contributed by atoms with E-state index in [1.807, 2.05) is 19.1 Å². The Morgan fingerprint density at radius 3 is 2.56 bits per heavy atom. The van der Waals surface area contributed by atoms with Crippen LogP contribution < -0.4 is 10.1 Å². The van der Waals surface area contributed by atoms with Crippen LogP contribution in [-0.4, -0.2) is 19.1 Å². The lowest BCUT2D eigenvalue weighted by Gasteiger charge is -2.14. The summed E-state index contributed by atoms with van der Waals surface area (Å²) in [6.45, 7) is 8.04. The van der Waals surface area contributed by atoms with Gasteiger partial charge in [0.1, 0.15) is 5.75 Å². The van der Waals surface area contributed by atoms with Gasteiger partial charge in [-0.25, -0.2) is 0 Å². The van der Waals surface area contributed by atoms with E-state index in [0.717, 1.165) is 16.9 Å². The summed E-state index contributed by atoms with van der Waals surface area (Å²) in [6.07, 6.45) is 0. The Hall–Kier alpha value is -1.75. The monoisotopic (exact) mass is 409 g/mol. The van der Waals surface area contributed by atoms with Crippen LogP contribution in [0.3, 0.4) is 0 Å². The van der Waals surface area contributed by atoms with Crippen molar-refractivity contribution in [2.75, 3.05) is 13.2 Å². The van der Waals surface area contributed by atoms with E-state index in [2.05, 4.69) is 19.2 Å². The fraction of sp³-hybridized carbons (Fsp3) is 0.381. The number of rotatable bonds is 9. The molecule has 0 heterocycles. The number of carbonyl (C=O) groups is 1. The van der Waals surface area contributed by atoms with Crippen molar-refractivity contribution in [3.05, 3.63) is 63.1 Å². The molecule has 0 bridgehead atoms. The third kappa shape index (κ3) is 6.73. The van der Waals surface area contributed by atoms with Gasteiger partial charge in [-0.2, -0.15) is 0 Å². The van der Waals surface area contributed by atoms with E-state index in [9.17, 15) is 4.79 Å². The highest BCUT2D eigenvalue weighted by Gasteiger charge is 2.12. The molecule has 0 fully saturated rings. The van der Waals surface area contributed by atoms with Gasteiger partial charge >= 0.3 is 0 Å². The second-order valence-corrected chi connectivity index (χ2v) is 7.43. The molecule has 1 amide bonds. The third-order valence-electron chi connectivity index (χ3n) is 3.79. The first-order chi connectivity index (χ1) is 12.9. The molecule has 0 saturated carbocycles. The maximum Gasteiger partial charge on any atom is 0.251 e. The standard InChI is InChI=1S/C21H25Cl2NO3/c1-4-27-20-8-6-15(9-17(20)13-26-12-14(2)3)21(25)24-11-16-5-7-18(22)10-19(16)23/h5-10,14H,4,11-13H2,1-3H3,(H,24,25). The summed E-state index contributed by atoms with van der Waals surface area (Å²) in [6, 6.07) is 10.6. The number of amides is 1. The number of ether oxygens (including phenoxy) is 2. The van der Waals surface area contributed by atoms with Crippen molar-refractivity contribution < 1.29 is 14.3 Å². The molecule has 0 saturated heterocycles. The van der Waals surface area contributed by atoms with Gasteiger partial charge in [0.2, 0.25) is 0 Å². The average molecular weight is 410 g/mol. The summed E-state index contributed by atoms with van der Waals surface area (Å²) < 4.78 is 11.4. The van der Waals surface area contributed by atoms with E-state index in [1.165, 1.54) is 0 Å². The molecular weight excluding hydrogens is 385 g/mol. The first-order valence-electron chi connectivity index (χ1n) is 8.96. The fourth-order valence-electron chi connectivity index (χ4n) is 2.48. The van der Waals surface area contributed by atoms with Gasteiger partial charge in [0.25, 0.3) is 5.91 Å². The van der Waals surface area contributed by atoms with Crippen molar-refractivity contribution in [1.29, 1.82) is 0 Å². The quantitative estimate of drug-likeness (QED) is 0.594. The Labute approximate surface area is 170 Å². The molecule has 0 aliphatic carbocycles. The molecule has 4 nitrogen and oxygen atoms in total. The largest absolute Gasteiger partial charge is 0.494 e. The van der Waals surface area contributed by atoms with Crippen LogP contribution in [0.2, 0.25) is 10.0 Å². The molecule has 146 valence electrons. The predicted molar refractivity (Wildman–Crippen MR) is 110 cm³/mol. The van der Waals surface area contributed by atoms with Gasteiger partial charge in [0.05, 0.1) is 13.2 Å². The molecule has 0 atom stereocenters. The molecule has 0 aliphatic heterocycles. The van der Waals surface area contributed by atoms with Gasteiger partial charge in [0, 0.05) is 34.3 Å². The molecule has 6 heteroatoms. The smallest absolute Gasteiger partial charge is 0.251 e. The molecule has 27 heavy (non-hydrogen) atoms. The Balaban J connectivity index is 2.07. The van der Waals surface area contributed by atoms with Crippen molar-refractivity contribution >= 4 is 29.1 Å². The van der Waals surface area contributed by atoms with Crippen LogP contribution in [0.25, 0.3) is 0 Å². The highest BCUT2D eigenvalue weighted by molar-refractivity contribution is 6.35. The first kappa shape index (κ1) is 21.5. The predicted octanol–water partition coefficient (Wildman–Crippen LogP) is 5.49. The topological polar surface area (TPSA) is 47.6 Å². The molecule has 2 aromatic carbocycles. The average Bonchev–Trinajstić information content (AvgIpc) is 2.62. The normalized spacial score (nSPS) is 10.9. The number of halogens is 2. The van der Waals surface area contributed by atoms with Crippen LogP contribution in [0.15, 0.2) is 36.4 Å². The SMILES string of the molecule is CCOc1ccc(C(=O)NCc2ccc(Cl)cc2Cl)cc1COCC(C)C. The minimum absolute atomic E-state index is 0.186. The third-order valence-corrected chi connectivity index (χ3v) is 4.37. The summed E-state index contributed by atoms with van der Waals surface area (Å²) in [5, 5.41) is 3.97. The maximum atomic E-state index is 12.5. The molecule has 0 spiro atoms. The van der Waals surface area contributed by atoms with Crippen molar-refractivity contribution in [3.8, 4) is 5.75 Å². The van der Waals surface area contributed by atoms with Crippen LogP contribution in [0, 0.1) is 5.92 Å². The van der Waals surface area contributed by atoms with Crippen LogP contribution in [0.5, 0.6) is 5.75 Å². The molecule has 0 aromatic heterocycles. The summed E-state index contributed by atoms with van der Waals surface area (Å²) >= 11 is 12.1. The van der Waals surface area contributed by atoms with Gasteiger partial charge < -0.3 is 14.8 Å². The Morgan fingerprint density at radius 1 is 1.11 bits per heavy atom. The molecular formula is C21H25Cl2NO3. The molecule has 2 rings (SSSR count). The Kier molecular flexibility index (Phi) is 8.42. The van der Waals surface area contributed by atoms with Crippen molar-refractivity contribution in [2.45, 2.75) is 33.9 Å². The second kappa shape index (κ2) is 10.5. The summed E-state index contributed by atoms with van der Waals surface area (Å²) in [4.78, 5) is 12.5. The summed E-state index contributed by atoms with van der Waals surface area (Å²) in [5.74, 6) is 0.990. The minimum Gasteiger partial charge on any atom is -0.494 e. The van der Waals surface area contributed by atoms with Crippen LogP contribution in [0.4, 0.5) is 0 Å². The molecule has 0 unspecified atom stereocenters. The number of benzene rings is 2. The lowest BCUT2D eigenvalue weighted by atomic mass is 10.1. The van der Waals surface area contributed by atoms with E-state index < -0.39 is 0 Å². The number of nitrogens with one attached hydrogen (secondary N) is 1.